The number of carbonyl (C=O) groups is 1. The molecule has 6 heteroatoms. The Labute approximate surface area is 218 Å². The number of likely N-dealkylation sites (tertiary alicyclic amines) is 1. The SMILES string of the molecule is Cc1c(F)cccc1C1C(C(=O)c2cccc(O)c2)CN(CCCCN(C)C)CC1c1cc[c]cc1F. The van der Waals surface area contributed by atoms with E-state index in [0.717, 1.165) is 31.5 Å². The highest BCUT2D eigenvalue weighted by molar-refractivity contribution is 5.99. The molecule has 1 radical (unpaired) electrons. The van der Waals surface area contributed by atoms with Crippen LogP contribution in [0.2, 0.25) is 0 Å². The van der Waals surface area contributed by atoms with E-state index in [-0.39, 0.29) is 29.1 Å². The molecule has 1 heterocycles. The van der Waals surface area contributed by atoms with E-state index in [1.165, 1.54) is 24.3 Å². The normalized spacial score (nSPS) is 20.3. The molecule has 3 atom stereocenters. The van der Waals surface area contributed by atoms with Crippen molar-refractivity contribution in [2.75, 3.05) is 40.3 Å². The third-order valence-corrected chi connectivity index (χ3v) is 7.49. The lowest BCUT2D eigenvalue weighted by Gasteiger charge is -2.44. The van der Waals surface area contributed by atoms with Gasteiger partial charge in [-0.1, -0.05) is 36.4 Å². The number of phenols is 1. The number of ketones is 1. The first-order valence-corrected chi connectivity index (χ1v) is 12.9. The third kappa shape index (κ3) is 6.25. The first-order valence-electron chi connectivity index (χ1n) is 12.9. The Kier molecular flexibility index (Phi) is 8.72. The molecule has 3 aromatic rings. The highest BCUT2D eigenvalue weighted by atomic mass is 19.1. The molecule has 1 saturated heterocycles. The molecular formula is C31H35F2N2O2. The quantitative estimate of drug-likeness (QED) is 0.295. The Bertz CT molecular complexity index is 1230. The Morgan fingerprint density at radius 2 is 1.84 bits per heavy atom. The number of benzene rings is 3. The fourth-order valence-corrected chi connectivity index (χ4v) is 5.64. The monoisotopic (exact) mass is 505 g/mol. The average molecular weight is 506 g/mol. The molecule has 0 spiro atoms. The molecular weight excluding hydrogens is 470 g/mol. The molecule has 0 aromatic heterocycles. The molecule has 195 valence electrons. The smallest absolute Gasteiger partial charge is 0.167 e. The van der Waals surface area contributed by atoms with Crippen LogP contribution in [0.3, 0.4) is 0 Å². The van der Waals surface area contributed by atoms with E-state index in [1.807, 2.05) is 20.2 Å². The Balaban J connectivity index is 1.79. The number of rotatable bonds is 9. The van der Waals surface area contributed by atoms with Crippen LogP contribution >= 0.6 is 0 Å². The zero-order chi connectivity index (χ0) is 26.5. The summed E-state index contributed by atoms with van der Waals surface area (Å²) in [4.78, 5) is 18.4. The van der Waals surface area contributed by atoms with E-state index >= 15 is 4.39 Å². The second-order valence-electron chi connectivity index (χ2n) is 10.3. The van der Waals surface area contributed by atoms with Gasteiger partial charge in [0.25, 0.3) is 0 Å². The molecule has 0 aliphatic carbocycles. The van der Waals surface area contributed by atoms with E-state index in [1.54, 1.807) is 37.3 Å². The predicted octanol–water partition coefficient (Wildman–Crippen LogP) is 5.80. The van der Waals surface area contributed by atoms with Gasteiger partial charge in [0.1, 0.15) is 17.4 Å². The average Bonchev–Trinajstić information content (AvgIpc) is 2.88. The maximum atomic E-state index is 15.2. The van der Waals surface area contributed by atoms with Crippen LogP contribution in [0.4, 0.5) is 8.78 Å². The molecule has 4 rings (SSSR count). The van der Waals surface area contributed by atoms with Gasteiger partial charge in [-0.25, -0.2) is 8.78 Å². The number of unbranched alkanes of at least 4 members (excludes halogenated alkanes) is 1. The maximum Gasteiger partial charge on any atom is 0.167 e. The zero-order valence-corrected chi connectivity index (χ0v) is 21.8. The van der Waals surface area contributed by atoms with Gasteiger partial charge in [0.2, 0.25) is 0 Å². The van der Waals surface area contributed by atoms with Crippen LogP contribution in [-0.2, 0) is 0 Å². The molecule has 1 fully saturated rings. The standard InChI is InChI=1S/C31H35F2N2O2/c1-21-24(13-9-15-28(21)32)30-26(25-12-4-5-14-29(25)33)19-35(17-7-6-16-34(2)3)20-27(30)31(37)22-10-8-11-23(36)18-22/h4,8-15,18,26-27,30,36H,6-7,16-17,19-20H2,1-3H3. The van der Waals surface area contributed by atoms with Crippen molar-refractivity contribution in [2.24, 2.45) is 5.92 Å². The fourth-order valence-electron chi connectivity index (χ4n) is 5.64. The summed E-state index contributed by atoms with van der Waals surface area (Å²) in [6.45, 7) is 4.52. The third-order valence-electron chi connectivity index (χ3n) is 7.49. The van der Waals surface area contributed by atoms with Gasteiger partial charge in [-0.05, 0) is 94.0 Å². The molecule has 37 heavy (non-hydrogen) atoms. The highest BCUT2D eigenvalue weighted by Crippen LogP contribution is 2.46. The van der Waals surface area contributed by atoms with E-state index in [0.29, 0.717) is 29.8 Å². The minimum absolute atomic E-state index is 0.0156. The number of Topliss-reactive ketones (excluding diaryl/α,β-unsaturated/α-hetero) is 1. The lowest BCUT2D eigenvalue weighted by Crippen LogP contribution is -2.47. The molecule has 1 aliphatic heterocycles. The first-order chi connectivity index (χ1) is 17.8. The molecule has 1 aliphatic rings. The number of piperidine rings is 1. The van der Waals surface area contributed by atoms with E-state index in [4.69, 9.17) is 0 Å². The van der Waals surface area contributed by atoms with E-state index < -0.39 is 11.8 Å². The first kappa shape index (κ1) is 27.0. The summed E-state index contributed by atoms with van der Waals surface area (Å²) in [5.74, 6) is -2.15. The second kappa shape index (κ2) is 12.0. The molecule has 1 N–H and O–H groups in total. The molecule has 0 saturated carbocycles. The van der Waals surface area contributed by atoms with Crippen molar-refractivity contribution in [3.8, 4) is 5.75 Å². The van der Waals surface area contributed by atoms with E-state index in [9.17, 15) is 14.3 Å². The highest BCUT2D eigenvalue weighted by Gasteiger charge is 2.43. The van der Waals surface area contributed by atoms with Gasteiger partial charge < -0.3 is 14.9 Å². The van der Waals surface area contributed by atoms with Gasteiger partial charge in [0.05, 0.1) is 0 Å². The van der Waals surface area contributed by atoms with Gasteiger partial charge in [0.15, 0.2) is 5.78 Å². The summed E-state index contributed by atoms with van der Waals surface area (Å²) in [5.41, 5.74) is 2.12. The summed E-state index contributed by atoms with van der Waals surface area (Å²) >= 11 is 0. The van der Waals surface area contributed by atoms with Crippen molar-refractivity contribution in [3.05, 3.63) is 101 Å². The summed E-state index contributed by atoms with van der Waals surface area (Å²) in [6.07, 6.45) is 1.97. The van der Waals surface area contributed by atoms with Gasteiger partial charge in [-0.3, -0.25) is 4.79 Å². The van der Waals surface area contributed by atoms with Gasteiger partial charge in [-0.2, -0.15) is 0 Å². The number of aromatic hydroxyl groups is 1. The van der Waals surface area contributed by atoms with Crippen LogP contribution in [0.5, 0.6) is 5.75 Å². The van der Waals surface area contributed by atoms with Crippen LogP contribution in [0.25, 0.3) is 0 Å². The van der Waals surface area contributed by atoms with Crippen molar-refractivity contribution in [3.63, 3.8) is 0 Å². The van der Waals surface area contributed by atoms with E-state index in [2.05, 4.69) is 15.9 Å². The van der Waals surface area contributed by atoms with Crippen LogP contribution in [0.1, 0.15) is 51.7 Å². The number of hydrogen-bond donors (Lipinski definition) is 1. The van der Waals surface area contributed by atoms with Crippen LogP contribution in [-0.4, -0.2) is 61.0 Å². The number of halogens is 2. The lowest BCUT2D eigenvalue weighted by molar-refractivity contribution is 0.0732. The molecule has 0 amide bonds. The largest absolute Gasteiger partial charge is 0.508 e. The summed E-state index contributed by atoms with van der Waals surface area (Å²) in [5, 5.41) is 10.1. The second-order valence-corrected chi connectivity index (χ2v) is 10.3. The number of carbonyl (C=O) groups excluding carboxylic acids is 1. The molecule has 4 nitrogen and oxygen atoms in total. The van der Waals surface area contributed by atoms with Crippen LogP contribution in [0, 0.1) is 30.5 Å². The van der Waals surface area contributed by atoms with Crippen molar-refractivity contribution in [2.45, 2.75) is 31.6 Å². The Morgan fingerprint density at radius 1 is 1.05 bits per heavy atom. The molecule has 0 bridgehead atoms. The number of nitrogens with zero attached hydrogens (tertiary/aromatic N) is 2. The zero-order valence-electron chi connectivity index (χ0n) is 21.8. The van der Waals surface area contributed by atoms with Gasteiger partial charge in [0, 0.05) is 36.4 Å². The number of phenolic OH excluding ortho intramolecular Hbond substituents is 1. The van der Waals surface area contributed by atoms with Gasteiger partial charge >= 0.3 is 0 Å². The topological polar surface area (TPSA) is 43.8 Å². The maximum absolute atomic E-state index is 15.2. The van der Waals surface area contributed by atoms with Crippen molar-refractivity contribution in [1.29, 1.82) is 0 Å². The minimum Gasteiger partial charge on any atom is -0.508 e. The van der Waals surface area contributed by atoms with Crippen molar-refractivity contribution in [1.82, 2.24) is 9.80 Å². The number of hydrogen-bond acceptors (Lipinski definition) is 4. The summed E-state index contributed by atoms with van der Waals surface area (Å²) in [6, 6.07) is 18.8. The molecule has 3 aromatic carbocycles. The van der Waals surface area contributed by atoms with Crippen LogP contribution < -0.4 is 0 Å². The fraction of sp³-hybridized carbons (Fsp3) is 0.387. The van der Waals surface area contributed by atoms with Crippen molar-refractivity contribution < 1.29 is 18.7 Å². The predicted molar refractivity (Wildman–Crippen MR) is 142 cm³/mol. The minimum atomic E-state index is -0.543. The van der Waals surface area contributed by atoms with Gasteiger partial charge in [-0.15, -0.1) is 0 Å². The summed E-state index contributed by atoms with van der Waals surface area (Å²) in [7, 11) is 4.09. The van der Waals surface area contributed by atoms with Crippen molar-refractivity contribution >= 4 is 5.78 Å². The lowest BCUT2D eigenvalue weighted by atomic mass is 9.67. The summed E-state index contributed by atoms with van der Waals surface area (Å²) < 4.78 is 30.0. The molecule has 3 unspecified atom stereocenters. The Morgan fingerprint density at radius 3 is 2.57 bits per heavy atom. The Hall–Kier alpha value is -3.09. The van der Waals surface area contributed by atoms with Crippen LogP contribution in [0.15, 0.2) is 60.7 Å².